The van der Waals surface area contributed by atoms with E-state index in [9.17, 15) is 4.79 Å². The Hall–Kier alpha value is -1.32. The molecule has 1 aliphatic rings. The Kier molecular flexibility index (Phi) is 5.43. The third-order valence-electron chi connectivity index (χ3n) is 3.80. The Balaban J connectivity index is 1.70. The molecule has 1 aliphatic carbocycles. The summed E-state index contributed by atoms with van der Waals surface area (Å²) in [6.07, 6.45) is 13.1. The van der Waals surface area contributed by atoms with Gasteiger partial charge in [-0.15, -0.1) is 0 Å². The maximum Gasteiger partial charge on any atom is 0.222 e. The summed E-state index contributed by atoms with van der Waals surface area (Å²) in [6.45, 7) is 2.68. The number of hydrogen-bond donors (Lipinski definition) is 1. The molecule has 19 heavy (non-hydrogen) atoms. The van der Waals surface area contributed by atoms with E-state index in [0.717, 1.165) is 18.4 Å². The number of hydrogen-bond acceptors (Lipinski definition) is 2. The van der Waals surface area contributed by atoms with Crippen molar-refractivity contribution in [2.75, 3.05) is 0 Å². The van der Waals surface area contributed by atoms with Crippen LogP contribution in [-0.4, -0.2) is 21.7 Å². The van der Waals surface area contributed by atoms with E-state index in [1.54, 1.807) is 0 Å². The van der Waals surface area contributed by atoms with Crippen LogP contribution in [0.15, 0.2) is 12.4 Å². The van der Waals surface area contributed by atoms with Gasteiger partial charge in [0, 0.05) is 25.2 Å². The fraction of sp³-hybridized carbons (Fsp3) is 0.733. The van der Waals surface area contributed by atoms with Crippen LogP contribution in [0, 0.1) is 6.92 Å². The predicted molar refractivity (Wildman–Crippen MR) is 75.8 cm³/mol. The van der Waals surface area contributed by atoms with E-state index in [-0.39, 0.29) is 5.91 Å². The lowest BCUT2D eigenvalue weighted by Crippen LogP contribution is -2.35. The van der Waals surface area contributed by atoms with Crippen LogP contribution in [0.5, 0.6) is 0 Å². The zero-order valence-electron chi connectivity index (χ0n) is 11.9. The molecule has 1 heterocycles. The lowest BCUT2D eigenvalue weighted by Gasteiger charge is -2.21. The number of amides is 1. The van der Waals surface area contributed by atoms with Gasteiger partial charge in [0.1, 0.15) is 0 Å². The van der Waals surface area contributed by atoms with Crippen molar-refractivity contribution in [1.82, 2.24) is 15.1 Å². The summed E-state index contributed by atoms with van der Waals surface area (Å²) in [5.41, 5.74) is 1.14. The SMILES string of the molecule is Cc1cnn(CCC(=O)NC2CCCCCCC2)c1. The van der Waals surface area contributed by atoms with E-state index in [0.29, 0.717) is 19.0 Å². The van der Waals surface area contributed by atoms with Crippen molar-refractivity contribution in [2.24, 2.45) is 0 Å². The summed E-state index contributed by atoms with van der Waals surface area (Å²) in [6, 6.07) is 0.396. The molecule has 0 bridgehead atoms. The van der Waals surface area contributed by atoms with Gasteiger partial charge in [0.25, 0.3) is 0 Å². The Morgan fingerprint density at radius 3 is 2.63 bits per heavy atom. The second-order valence-corrected chi connectivity index (χ2v) is 5.64. The molecule has 1 saturated carbocycles. The molecular weight excluding hydrogens is 238 g/mol. The van der Waals surface area contributed by atoms with E-state index in [1.807, 2.05) is 24.0 Å². The molecule has 1 fully saturated rings. The van der Waals surface area contributed by atoms with Crippen molar-refractivity contribution in [2.45, 2.75) is 70.9 Å². The van der Waals surface area contributed by atoms with Gasteiger partial charge in [-0.25, -0.2) is 0 Å². The summed E-state index contributed by atoms with van der Waals surface area (Å²) >= 11 is 0. The van der Waals surface area contributed by atoms with Gasteiger partial charge in [-0.2, -0.15) is 5.10 Å². The molecule has 1 aromatic heterocycles. The normalized spacial score (nSPS) is 17.7. The first kappa shape index (κ1) is 14.1. The van der Waals surface area contributed by atoms with Crippen LogP contribution in [0.1, 0.15) is 56.9 Å². The van der Waals surface area contributed by atoms with Crippen molar-refractivity contribution in [1.29, 1.82) is 0 Å². The standard InChI is InChI=1S/C15H25N3O/c1-13-11-16-18(12-13)10-9-15(19)17-14-7-5-3-2-4-6-8-14/h11-12,14H,2-10H2,1H3,(H,17,19). The summed E-state index contributed by atoms with van der Waals surface area (Å²) < 4.78 is 1.84. The van der Waals surface area contributed by atoms with Crippen LogP contribution in [0.25, 0.3) is 0 Å². The first-order valence-corrected chi connectivity index (χ1v) is 7.52. The van der Waals surface area contributed by atoms with Crippen molar-refractivity contribution in [3.63, 3.8) is 0 Å². The molecule has 4 nitrogen and oxygen atoms in total. The number of aryl methyl sites for hydroxylation is 2. The number of nitrogens with one attached hydrogen (secondary N) is 1. The summed E-state index contributed by atoms with van der Waals surface area (Å²) in [4.78, 5) is 11.9. The second kappa shape index (κ2) is 7.31. The van der Waals surface area contributed by atoms with Crippen molar-refractivity contribution in [3.05, 3.63) is 18.0 Å². The fourth-order valence-electron chi connectivity index (χ4n) is 2.71. The molecule has 0 saturated heterocycles. The van der Waals surface area contributed by atoms with E-state index in [2.05, 4.69) is 10.4 Å². The van der Waals surface area contributed by atoms with Crippen LogP contribution >= 0.6 is 0 Å². The molecule has 0 spiro atoms. The van der Waals surface area contributed by atoms with Crippen LogP contribution in [0.4, 0.5) is 0 Å². The monoisotopic (exact) mass is 263 g/mol. The Morgan fingerprint density at radius 1 is 1.32 bits per heavy atom. The van der Waals surface area contributed by atoms with Gasteiger partial charge in [0.05, 0.1) is 6.20 Å². The van der Waals surface area contributed by atoms with Gasteiger partial charge in [-0.3, -0.25) is 9.48 Å². The van der Waals surface area contributed by atoms with Gasteiger partial charge in [0.2, 0.25) is 5.91 Å². The molecule has 0 atom stereocenters. The third kappa shape index (κ3) is 5.05. The number of rotatable bonds is 4. The lowest BCUT2D eigenvalue weighted by atomic mass is 9.96. The van der Waals surface area contributed by atoms with Crippen LogP contribution < -0.4 is 5.32 Å². The molecule has 106 valence electrons. The van der Waals surface area contributed by atoms with E-state index >= 15 is 0 Å². The average Bonchev–Trinajstić information content (AvgIpc) is 2.76. The Morgan fingerprint density at radius 2 is 2.00 bits per heavy atom. The number of aromatic nitrogens is 2. The summed E-state index contributed by atoms with van der Waals surface area (Å²) in [5, 5.41) is 7.38. The first-order chi connectivity index (χ1) is 9.24. The highest BCUT2D eigenvalue weighted by Crippen LogP contribution is 2.17. The minimum absolute atomic E-state index is 0.165. The minimum atomic E-state index is 0.165. The number of carbonyl (C=O) groups is 1. The fourth-order valence-corrected chi connectivity index (χ4v) is 2.71. The third-order valence-corrected chi connectivity index (χ3v) is 3.80. The highest BCUT2D eigenvalue weighted by Gasteiger charge is 2.13. The highest BCUT2D eigenvalue weighted by molar-refractivity contribution is 5.76. The van der Waals surface area contributed by atoms with Gasteiger partial charge >= 0.3 is 0 Å². The molecule has 0 aromatic carbocycles. The van der Waals surface area contributed by atoms with Crippen molar-refractivity contribution >= 4 is 5.91 Å². The average molecular weight is 263 g/mol. The van der Waals surface area contributed by atoms with Gasteiger partial charge in [-0.1, -0.05) is 32.1 Å². The van der Waals surface area contributed by atoms with Gasteiger partial charge in [0.15, 0.2) is 0 Å². The molecule has 1 N–H and O–H groups in total. The number of nitrogens with zero attached hydrogens (tertiary/aromatic N) is 2. The molecule has 1 aromatic rings. The molecule has 2 rings (SSSR count). The molecule has 1 amide bonds. The lowest BCUT2D eigenvalue weighted by molar-refractivity contribution is -0.122. The molecular formula is C15H25N3O. The van der Waals surface area contributed by atoms with Crippen molar-refractivity contribution < 1.29 is 4.79 Å². The molecule has 0 unspecified atom stereocenters. The quantitative estimate of drug-likeness (QED) is 0.908. The minimum Gasteiger partial charge on any atom is -0.353 e. The Labute approximate surface area is 115 Å². The number of carbonyl (C=O) groups excluding carboxylic acids is 1. The smallest absolute Gasteiger partial charge is 0.222 e. The van der Waals surface area contributed by atoms with E-state index in [4.69, 9.17) is 0 Å². The topological polar surface area (TPSA) is 46.9 Å². The van der Waals surface area contributed by atoms with E-state index < -0.39 is 0 Å². The maximum absolute atomic E-state index is 11.9. The summed E-state index contributed by atoms with van der Waals surface area (Å²) in [5.74, 6) is 0.165. The maximum atomic E-state index is 11.9. The summed E-state index contributed by atoms with van der Waals surface area (Å²) in [7, 11) is 0. The molecule has 0 radical (unpaired) electrons. The first-order valence-electron chi connectivity index (χ1n) is 7.52. The Bertz CT molecular complexity index is 392. The largest absolute Gasteiger partial charge is 0.353 e. The highest BCUT2D eigenvalue weighted by atomic mass is 16.1. The van der Waals surface area contributed by atoms with Gasteiger partial charge < -0.3 is 5.32 Å². The van der Waals surface area contributed by atoms with Gasteiger partial charge in [-0.05, 0) is 25.3 Å². The van der Waals surface area contributed by atoms with Crippen LogP contribution in [0.3, 0.4) is 0 Å². The van der Waals surface area contributed by atoms with Crippen LogP contribution in [0.2, 0.25) is 0 Å². The molecule has 4 heteroatoms. The predicted octanol–water partition coefficient (Wildman–Crippen LogP) is 2.81. The van der Waals surface area contributed by atoms with Crippen molar-refractivity contribution in [3.8, 4) is 0 Å². The zero-order chi connectivity index (χ0) is 13.5. The second-order valence-electron chi connectivity index (χ2n) is 5.64. The molecule has 0 aliphatic heterocycles. The zero-order valence-corrected chi connectivity index (χ0v) is 11.9. The van der Waals surface area contributed by atoms with E-state index in [1.165, 1.54) is 32.1 Å². The van der Waals surface area contributed by atoms with Crippen LogP contribution in [-0.2, 0) is 11.3 Å².